The molecule has 0 aromatic heterocycles. The van der Waals surface area contributed by atoms with E-state index < -0.39 is 0 Å². The van der Waals surface area contributed by atoms with Gasteiger partial charge in [-0.3, -0.25) is 9.98 Å². The second-order valence-corrected chi connectivity index (χ2v) is 11.1. The van der Waals surface area contributed by atoms with Crippen molar-refractivity contribution in [3.05, 3.63) is 0 Å². The number of aliphatic imine (C=N–C) groups is 2. The van der Waals surface area contributed by atoms with Crippen LogP contribution in [0.2, 0.25) is 0 Å². The minimum Gasteiger partial charge on any atom is -0.356 e. The van der Waals surface area contributed by atoms with Crippen LogP contribution in [0.3, 0.4) is 0 Å². The highest BCUT2D eigenvalue weighted by Gasteiger charge is 2.46. The maximum absolute atomic E-state index is 5.40. The van der Waals surface area contributed by atoms with Crippen molar-refractivity contribution in [1.29, 1.82) is 0 Å². The Kier molecular flexibility index (Phi) is 5.88. The van der Waals surface area contributed by atoms with Crippen molar-refractivity contribution in [2.75, 3.05) is 13.1 Å². The van der Waals surface area contributed by atoms with Crippen molar-refractivity contribution in [2.45, 2.75) is 116 Å². The molecule has 8 unspecified atom stereocenters. The topological polar surface area (TPSA) is 31.2 Å². The van der Waals surface area contributed by atoms with Gasteiger partial charge >= 0.3 is 0 Å². The largest absolute Gasteiger partial charge is 0.356 e. The number of hydrogen-bond donors (Lipinski definition) is 0. The number of hydrogen-bond acceptors (Lipinski definition) is 4. The van der Waals surface area contributed by atoms with Gasteiger partial charge in [-0.2, -0.15) is 0 Å². The number of nitrogens with zero attached hydrogens (tertiary/aromatic N) is 4. The van der Waals surface area contributed by atoms with E-state index in [1.807, 2.05) is 0 Å². The lowest BCUT2D eigenvalue weighted by molar-refractivity contribution is 0.103. The highest BCUT2D eigenvalue weighted by Crippen LogP contribution is 2.45. The van der Waals surface area contributed by atoms with Crippen LogP contribution in [0, 0.1) is 23.7 Å². The first-order chi connectivity index (χ1) is 14.6. The van der Waals surface area contributed by atoms with Crippen molar-refractivity contribution >= 4 is 11.7 Å². The molecule has 3 fully saturated rings. The minimum atomic E-state index is 0.583. The Morgan fingerprint density at radius 2 is 1.40 bits per heavy atom. The average molecular weight is 413 g/mol. The maximum atomic E-state index is 5.40. The monoisotopic (exact) mass is 412 g/mol. The van der Waals surface area contributed by atoms with E-state index in [-0.39, 0.29) is 0 Å². The third-order valence-corrected chi connectivity index (χ3v) is 9.45. The van der Waals surface area contributed by atoms with E-state index in [1.54, 1.807) is 0 Å². The van der Waals surface area contributed by atoms with Gasteiger partial charge in [0.05, 0.1) is 30.0 Å². The number of likely N-dealkylation sites (N-methyl/N-ethyl adjacent to an activating group) is 2. The van der Waals surface area contributed by atoms with E-state index in [9.17, 15) is 0 Å². The summed E-state index contributed by atoms with van der Waals surface area (Å²) in [6.45, 7) is 11.6. The molecule has 8 atom stereocenters. The molecule has 0 aromatic rings. The summed E-state index contributed by atoms with van der Waals surface area (Å²) in [6.07, 6.45) is 13.8. The predicted molar refractivity (Wildman–Crippen MR) is 126 cm³/mol. The summed E-state index contributed by atoms with van der Waals surface area (Å²) in [6, 6.07) is 2.56. The fraction of sp³-hybridized carbons (Fsp3) is 0.923. The fourth-order valence-electron chi connectivity index (χ4n) is 7.99. The molecule has 0 bridgehead atoms. The number of amidine groups is 2. The SMILES string of the molecule is CCN1C(C)=NC2CCC(C3CCC4N=C(C5CCCC(C)C5)N(CC)C4C3)CC21. The molecule has 0 N–H and O–H groups in total. The Balaban J connectivity index is 1.25. The lowest BCUT2D eigenvalue weighted by Gasteiger charge is -2.44. The van der Waals surface area contributed by atoms with Gasteiger partial charge in [0.1, 0.15) is 5.84 Å². The summed E-state index contributed by atoms with van der Waals surface area (Å²) in [5.74, 6) is 6.24. The Morgan fingerprint density at radius 3 is 2.03 bits per heavy atom. The van der Waals surface area contributed by atoms with Crippen LogP contribution in [0.4, 0.5) is 0 Å². The summed E-state index contributed by atoms with van der Waals surface area (Å²) in [4.78, 5) is 15.8. The lowest BCUT2D eigenvalue weighted by Crippen LogP contribution is -2.48. The fourth-order valence-corrected chi connectivity index (χ4v) is 7.99. The molecule has 5 aliphatic rings. The molecular formula is C26H44N4. The molecule has 30 heavy (non-hydrogen) atoms. The van der Waals surface area contributed by atoms with Gasteiger partial charge in [0.25, 0.3) is 0 Å². The highest BCUT2D eigenvalue weighted by molar-refractivity contribution is 5.87. The summed E-state index contributed by atoms with van der Waals surface area (Å²) in [5.41, 5.74) is 0. The molecule has 0 spiro atoms. The van der Waals surface area contributed by atoms with Crippen LogP contribution < -0.4 is 0 Å². The number of fused-ring (bicyclic) bond motifs is 2. The summed E-state index contributed by atoms with van der Waals surface area (Å²) in [7, 11) is 0. The van der Waals surface area contributed by atoms with E-state index in [0.717, 1.165) is 36.8 Å². The molecule has 4 heteroatoms. The molecule has 0 saturated heterocycles. The Bertz CT molecular complexity index is 685. The van der Waals surface area contributed by atoms with Crippen LogP contribution in [0.5, 0.6) is 0 Å². The van der Waals surface area contributed by atoms with Crippen LogP contribution in [0.1, 0.15) is 91.9 Å². The third-order valence-electron chi connectivity index (χ3n) is 9.45. The van der Waals surface area contributed by atoms with Gasteiger partial charge in [0, 0.05) is 19.0 Å². The van der Waals surface area contributed by atoms with E-state index in [1.165, 1.54) is 75.9 Å². The first-order valence-electron chi connectivity index (χ1n) is 13.2. The van der Waals surface area contributed by atoms with E-state index in [4.69, 9.17) is 9.98 Å². The Labute approximate surface area is 184 Å². The first kappa shape index (κ1) is 20.8. The maximum Gasteiger partial charge on any atom is 0.103 e. The molecule has 168 valence electrons. The first-order valence-corrected chi connectivity index (χ1v) is 13.2. The van der Waals surface area contributed by atoms with Gasteiger partial charge in [0.15, 0.2) is 0 Å². The second-order valence-electron chi connectivity index (χ2n) is 11.1. The Hall–Kier alpha value is -1.06. The average Bonchev–Trinajstić information content (AvgIpc) is 3.28. The van der Waals surface area contributed by atoms with Crippen molar-refractivity contribution < 1.29 is 0 Å². The van der Waals surface area contributed by atoms with Gasteiger partial charge < -0.3 is 9.80 Å². The normalized spacial score (nSPS) is 43.9. The zero-order valence-corrected chi connectivity index (χ0v) is 19.9. The standard InChI is InChI=1S/C26H44N4/c1-5-29-18(4)27-22-12-10-19(15-24(22)29)20-11-13-23-25(16-20)30(6-2)26(28-23)21-9-7-8-17(3)14-21/h17,19-25H,5-16H2,1-4H3. The van der Waals surface area contributed by atoms with Crippen molar-refractivity contribution in [1.82, 2.24) is 9.80 Å². The van der Waals surface area contributed by atoms with Crippen molar-refractivity contribution in [3.8, 4) is 0 Å². The molecule has 2 heterocycles. The zero-order chi connectivity index (χ0) is 20.8. The van der Waals surface area contributed by atoms with Crippen LogP contribution in [0.15, 0.2) is 9.98 Å². The van der Waals surface area contributed by atoms with Crippen LogP contribution in [0.25, 0.3) is 0 Å². The van der Waals surface area contributed by atoms with Crippen LogP contribution in [-0.2, 0) is 0 Å². The lowest BCUT2D eigenvalue weighted by atomic mass is 9.69. The van der Waals surface area contributed by atoms with E-state index in [2.05, 4.69) is 37.5 Å². The zero-order valence-electron chi connectivity index (χ0n) is 19.9. The van der Waals surface area contributed by atoms with E-state index >= 15 is 0 Å². The van der Waals surface area contributed by atoms with Gasteiger partial charge in [0.2, 0.25) is 0 Å². The molecule has 3 saturated carbocycles. The predicted octanol–water partition coefficient (Wildman–Crippen LogP) is 5.38. The summed E-state index contributed by atoms with van der Waals surface area (Å²) in [5, 5.41) is 0. The molecule has 5 rings (SSSR count). The molecule has 2 aliphatic heterocycles. The summed E-state index contributed by atoms with van der Waals surface area (Å²) < 4.78 is 0. The van der Waals surface area contributed by atoms with Crippen molar-refractivity contribution in [2.24, 2.45) is 33.7 Å². The minimum absolute atomic E-state index is 0.583. The smallest absolute Gasteiger partial charge is 0.103 e. The number of rotatable bonds is 4. The van der Waals surface area contributed by atoms with Gasteiger partial charge in [-0.25, -0.2) is 0 Å². The van der Waals surface area contributed by atoms with Gasteiger partial charge in [-0.1, -0.05) is 19.8 Å². The van der Waals surface area contributed by atoms with Gasteiger partial charge in [-0.15, -0.1) is 0 Å². The highest BCUT2D eigenvalue weighted by atomic mass is 15.3. The Morgan fingerprint density at radius 1 is 0.767 bits per heavy atom. The van der Waals surface area contributed by atoms with Crippen LogP contribution >= 0.6 is 0 Å². The third kappa shape index (κ3) is 3.60. The quantitative estimate of drug-likeness (QED) is 0.621. The van der Waals surface area contributed by atoms with Gasteiger partial charge in [-0.05, 0) is 89.9 Å². The molecular weight excluding hydrogens is 368 g/mol. The molecule has 0 aromatic carbocycles. The van der Waals surface area contributed by atoms with Crippen molar-refractivity contribution in [3.63, 3.8) is 0 Å². The van der Waals surface area contributed by atoms with E-state index in [0.29, 0.717) is 24.2 Å². The summed E-state index contributed by atoms with van der Waals surface area (Å²) >= 11 is 0. The molecule has 4 nitrogen and oxygen atoms in total. The van der Waals surface area contributed by atoms with Crippen LogP contribution in [-0.4, -0.2) is 58.7 Å². The molecule has 0 amide bonds. The second kappa shape index (κ2) is 8.47. The molecule has 0 radical (unpaired) electrons. The molecule has 3 aliphatic carbocycles.